The molecule has 4 aromatic heterocycles. The van der Waals surface area contributed by atoms with E-state index >= 15 is 0 Å². The number of fused-ring (bicyclic) bond motifs is 5. The number of rotatable bonds is 1. The Morgan fingerprint density at radius 3 is 2.57 bits per heavy atom. The van der Waals surface area contributed by atoms with E-state index in [-0.39, 0.29) is 5.41 Å². The van der Waals surface area contributed by atoms with Crippen LogP contribution in [0.25, 0.3) is 51.7 Å². The molecule has 0 aliphatic rings. The van der Waals surface area contributed by atoms with Crippen LogP contribution in [-0.2, 0) is 5.41 Å². The van der Waals surface area contributed by atoms with E-state index in [1.54, 1.807) is 17.7 Å². The van der Waals surface area contributed by atoms with Crippen molar-refractivity contribution in [1.29, 1.82) is 0 Å². The summed E-state index contributed by atoms with van der Waals surface area (Å²) in [6.45, 7) is 9.04. The van der Waals surface area contributed by atoms with Gasteiger partial charge in [0.2, 0.25) is 0 Å². The highest BCUT2D eigenvalue weighted by Gasteiger charge is 2.21. The van der Waals surface area contributed by atoms with Crippen molar-refractivity contribution < 1.29 is 0 Å². The van der Waals surface area contributed by atoms with Gasteiger partial charge in [0.25, 0.3) is 0 Å². The van der Waals surface area contributed by atoms with Crippen molar-refractivity contribution in [2.24, 2.45) is 0 Å². The lowest BCUT2D eigenvalue weighted by atomic mass is 9.85. The van der Waals surface area contributed by atoms with Gasteiger partial charge in [-0.05, 0) is 70.5 Å². The zero-order chi connectivity index (χ0) is 20.6. The van der Waals surface area contributed by atoms with E-state index in [0.29, 0.717) is 0 Å². The summed E-state index contributed by atoms with van der Waals surface area (Å²) >= 11 is 5.45. The molecule has 5 heteroatoms. The second kappa shape index (κ2) is 6.33. The van der Waals surface area contributed by atoms with Crippen LogP contribution >= 0.6 is 34.0 Å². The molecule has 0 N–H and O–H groups in total. The van der Waals surface area contributed by atoms with Crippen molar-refractivity contribution in [3.05, 3.63) is 58.5 Å². The number of thiophene rings is 3. The van der Waals surface area contributed by atoms with Crippen LogP contribution in [0.15, 0.2) is 48.1 Å². The van der Waals surface area contributed by atoms with Gasteiger partial charge in [0, 0.05) is 35.3 Å². The Balaban J connectivity index is 1.71. The molecular weight excluding hydrogens is 424 g/mol. The first-order valence-electron chi connectivity index (χ1n) is 9.98. The highest BCUT2D eigenvalue weighted by Crippen LogP contribution is 2.43. The summed E-state index contributed by atoms with van der Waals surface area (Å²) in [6.07, 6.45) is 1.72. The number of aryl methyl sites for hydroxylation is 1. The zero-order valence-electron chi connectivity index (χ0n) is 17.2. The lowest BCUT2D eigenvalue weighted by Gasteiger charge is -2.21. The second-order valence-electron chi connectivity index (χ2n) is 8.86. The van der Waals surface area contributed by atoms with Crippen molar-refractivity contribution in [2.45, 2.75) is 33.1 Å². The fourth-order valence-corrected chi connectivity index (χ4v) is 7.46. The molecule has 0 atom stereocenters. The minimum absolute atomic E-state index is 0.0718. The largest absolute Gasteiger partial charge is 0.236 e. The van der Waals surface area contributed by atoms with Crippen LogP contribution in [0.1, 0.15) is 31.2 Å². The number of hydrogen-bond acceptors (Lipinski definition) is 5. The normalized spacial score (nSPS) is 12.7. The maximum absolute atomic E-state index is 4.80. The van der Waals surface area contributed by atoms with Crippen molar-refractivity contribution in [3.63, 3.8) is 0 Å². The average Bonchev–Trinajstić information content (AvgIpc) is 3.39. The molecule has 4 heterocycles. The molecule has 2 nitrogen and oxygen atoms in total. The molecule has 0 saturated heterocycles. The van der Waals surface area contributed by atoms with E-state index in [2.05, 4.69) is 74.5 Å². The maximum atomic E-state index is 4.80. The molecule has 0 aliphatic carbocycles. The van der Waals surface area contributed by atoms with Crippen LogP contribution in [-0.4, -0.2) is 9.97 Å². The summed E-state index contributed by atoms with van der Waals surface area (Å²) in [5.41, 5.74) is 3.67. The van der Waals surface area contributed by atoms with Gasteiger partial charge in [0.05, 0.1) is 5.69 Å². The van der Waals surface area contributed by atoms with E-state index in [1.807, 2.05) is 22.7 Å². The Morgan fingerprint density at radius 2 is 1.73 bits per heavy atom. The summed E-state index contributed by atoms with van der Waals surface area (Å²) in [7, 11) is 0. The molecule has 30 heavy (non-hydrogen) atoms. The molecule has 0 saturated carbocycles. The number of hydrogen-bond donors (Lipinski definition) is 0. The molecule has 0 bridgehead atoms. The van der Waals surface area contributed by atoms with E-state index in [0.717, 1.165) is 10.5 Å². The molecule has 0 spiro atoms. The quantitative estimate of drug-likeness (QED) is 0.254. The lowest BCUT2D eigenvalue weighted by molar-refractivity contribution is 0.597. The molecule has 0 aliphatic heterocycles. The van der Waals surface area contributed by atoms with E-state index in [1.165, 1.54) is 51.6 Å². The molecular formula is C25H20N2S3. The van der Waals surface area contributed by atoms with Gasteiger partial charge in [-0.25, -0.2) is 9.97 Å². The summed E-state index contributed by atoms with van der Waals surface area (Å²) < 4.78 is 4.01. The van der Waals surface area contributed by atoms with Crippen molar-refractivity contribution in [1.82, 2.24) is 9.97 Å². The van der Waals surface area contributed by atoms with Gasteiger partial charge >= 0.3 is 0 Å². The van der Waals surface area contributed by atoms with Gasteiger partial charge in [-0.15, -0.1) is 34.0 Å². The Labute approximate surface area is 186 Å². The minimum atomic E-state index is 0.0718. The van der Waals surface area contributed by atoms with Crippen LogP contribution < -0.4 is 0 Å². The third-order valence-electron chi connectivity index (χ3n) is 5.66. The first kappa shape index (κ1) is 18.4. The van der Waals surface area contributed by atoms with E-state index < -0.39 is 0 Å². The zero-order valence-corrected chi connectivity index (χ0v) is 19.7. The van der Waals surface area contributed by atoms with Crippen LogP contribution in [0.2, 0.25) is 0 Å². The smallest absolute Gasteiger partial charge is 0.128 e. The molecule has 0 amide bonds. The van der Waals surface area contributed by atoms with Gasteiger partial charge in [-0.3, -0.25) is 0 Å². The predicted octanol–water partition coefficient (Wildman–Crippen LogP) is 8.55. The average molecular weight is 445 g/mol. The molecule has 6 rings (SSSR count). The van der Waals surface area contributed by atoms with Gasteiger partial charge in [0.1, 0.15) is 11.2 Å². The van der Waals surface area contributed by atoms with Gasteiger partial charge in [-0.2, -0.15) is 0 Å². The Hall–Kier alpha value is -2.34. The highest BCUT2D eigenvalue weighted by molar-refractivity contribution is 7.26. The van der Waals surface area contributed by atoms with Crippen LogP contribution in [0, 0.1) is 6.92 Å². The third kappa shape index (κ3) is 2.73. The maximum Gasteiger partial charge on any atom is 0.128 e. The molecule has 0 unspecified atom stereocenters. The van der Waals surface area contributed by atoms with E-state index in [4.69, 9.17) is 4.98 Å². The Kier molecular flexibility index (Phi) is 3.89. The number of nitrogens with zero attached hydrogens (tertiary/aromatic N) is 2. The summed E-state index contributed by atoms with van der Waals surface area (Å²) in [5.74, 6) is 0. The van der Waals surface area contributed by atoms with Gasteiger partial charge in [-0.1, -0.05) is 20.8 Å². The fraction of sp³-hybridized carbons (Fsp3) is 0.200. The highest BCUT2D eigenvalue weighted by atomic mass is 32.1. The van der Waals surface area contributed by atoms with Crippen LogP contribution in [0.4, 0.5) is 0 Å². The number of aromatic nitrogens is 2. The Bertz CT molecular complexity index is 1590. The summed E-state index contributed by atoms with van der Waals surface area (Å²) in [5, 5.41) is 7.23. The fourth-order valence-electron chi connectivity index (χ4n) is 4.27. The van der Waals surface area contributed by atoms with Crippen molar-refractivity contribution >= 4 is 74.5 Å². The van der Waals surface area contributed by atoms with Crippen molar-refractivity contribution in [2.75, 3.05) is 0 Å². The second-order valence-corrected chi connectivity index (χ2v) is 12.1. The summed E-state index contributed by atoms with van der Waals surface area (Å²) in [6, 6.07) is 13.8. The summed E-state index contributed by atoms with van der Waals surface area (Å²) in [4.78, 5) is 11.8. The van der Waals surface area contributed by atoms with Crippen LogP contribution in [0.5, 0.6) is 0 Å². The minimum Gasteiger partial charge on any atom is -0.236 e. The van der Waals surface area contributed by atoms with Gasteiger partial charge < -0.3 is 0 Å². The predicted molar refractivity (Wildman–Crippen MR) is 135 cm³/mol. The molecule has 148 valence electrons. The molecule has 0 radical (unpaired) electrons. The number of benzene rings is 2. The molecule has 2 aromatic carbocycles. The lowest BCUT2D eigenvalue weighted by Crippen LogP contribution is -2.11. The standard InChI is InChI=1S/C25H20N2S3/c1-13-7-15-9-17-20(11-19(15)29-13)30-24-21(17)22(26-12-27-24)16-8-14-5-6-28-23(14)18(10-16)25(2,3)4/h5-12H,1-4H3. The molecule has 6 aromatic rings. The molecule has 0 fully saturated rings. The first-order chi connectivity index (χ1) is 14.4. The topological polar surface area (TPSA) is 25.8 Å². The van der Waals surface area contributed by atoms with Crippen molar-refractivity contribution in [3.8, 4) is 11.3 Å². The monoisotopic (exact) mass is 444 g/mol. The first-order valence-corrected chi connectivity index (χ1v) is 12.5. The third-order valence-corrected chi connectivity index (χ3v) is 8.70. The Morgan fingerprint density at radius 1 is 0.867 bits per heavy atom. The van der Waals surface area contributed by atoms with Gasteiger partial charge in [0.15, 0.2) is 0 Å². The van der Waals surface area contributed by atoms with E-state index in [9.17, 15) is 0 Å². The SMILES string of the molecule is Cc1cc2cc3c(cc2s1)sc1ncnc(-c2cc(C(C)(C)C)c4sccc4c2)c13. The van der Waals surface area contributed by atoms with Crippen LogP contribution in [0.3, 0.4) is 0 Å².